The van der Waals surface area contributed by atoms with Gasteiger partial charge in [0.1, 0.15) is 5.52 Å². The van der Waals surface area contributed by atoms with Crippen LogP contribution in [0.1, 0.15) is 44.1 Å². The van der Waals surface area contributed by atoms with E-state index in [0.717, 1.165) is 28.0 Å². The highest BCUT2D eigenvalue weighted by Crippen LogP contribution is 2.44. The largest absolute Gasteiger partial charge is 0.271 e. The summed E-state index contributed by atoms with van der Waals surface area (Å²) in [6.45, 7) is 2.23. The van der Waals surface area contributed by atoms with E-state index in [-0.39, 0.29) is 0 Å². The van der Waals surface area contributed by atoms with Crippen molar-refractivity contribution in [2.24, 2.45) is 0 Å². The van der Waals surface area contributed by atoms with Crippen LogP contribution in [0.15, 0.2) is 59.9 Å². The summed E-state index contributed by atoms with van der Waals surface area (Å²) in [5, 5.41) is 3.71. The fourth-order valence-electron chi connectivity index (χ4n) is 3.77. The van der Waals surface area contributed by atoms with Crippen molar-refractivity contribution in [3.8, 4) is 5.69 Å². The van der Waals surface area contributed by atoms with Crippen molar-refractivity contribution in [2.45, 2.75) is 43.7 Å². The number of nitrogens with zero attached hydrogens (tertiary/aromatic N) is 3. The summed E-state index contributed by atoms with van der Waals surface area (Å²) in [6.07, 6.45) is 6.89. The van der Waals surface area contributed by atoms with Gasteiger partial charge >= 0.3 is 0 Å². The third kappa shape index (κ3) is 3.02. The first kappa shape index (κ1) is 16.8. The summed E-state index contributed by atoms with van der Waals surface area (Å²) in [5.41, 5.74) is 4.59. The van der Waals surface area contributed by atoms with Crippen molar-refractivity contribution in [1.29, 1.82) is 0 Å². The molecule has 1 aliphatic rings. The number of benzene rings is 2. The van der Waals surface area contributed by atoms with E-state index in [0.29, 0.717) is 0 Å². The molecule has 0 unspecified atom stereocenters. The lowest BCUT2D eigenvalue weighted by molar-refractivity contribution is 0.879. The van der Waals surface area contributed by atoms with Crippen LogP contribution in [0.4, 0.5) is 0 Å². The minimum atomic E-state index is 0.736. The maximum atomic E-state index is 4.90. The van der Waals surface area contributed by atoms with E-state index in [1.165, 1.54) is 47.7 Å². The smallest absolute Gasteiger partial charge is 0.174 e. The van der Waals surface area contributed by atoms with Crippen LogP contribution in [0.5, 0.6) is 0 Å². The Hall–Kier alpha value is -2.33. The summed E-state index contributed by atoms with van der Waals surface area (Å²) in [4.78, 5) is 9.57. The Morgan fingerprint density at radius 1 is 1.04 bits per heavy atom. The molecule has 4 aromatic rings. The second-order valence-corrected chi connectivity index (χ2v) is 8.33. The summed E-state index contributed by atoms with van der Waals surface area (Å²) in [6, 6.07) is 17.4. The zero-order chi connectivity index (χ0) is 18.2. The lowest BCUT2D eigenvalue weighted by Crippen LogP contribution is -2.00. The molecular formula is C23H23N3S. The van der Waals surface area contributed by atoms with Gasteiger partial charge in [0.05, 0.1) is 5.69 Å². The molecule has 1 saturated carbocycles. The molecule has 136 valence electrons. The van der Waals surface area contributed by atoms with Gasteiger partial charge in [-0.25, -0.2) is 9.97 Å². The first-order chi connectivity index (χ1) is 13.4. The van der Waals surface area contributed by atoms with Crippen molar-refractivity contribution in [3.05, 3.63) is 60.3 Å². The van der Waals surface area contributed by atoms with Gasteiger partial charge in [0.2, 0.25) is 0 Å². The van der Waals surface area contributed by atoms with Crippen LogP contribution in [0, 0.1) is 0 Å². The highest BCUT2D eigenvalue weighted by molar-refractivity contribution is 7.99. The van der Waals surface area contributed by atoms with E-state index < -0.39 is 0 Å². The number of thioether (sulfide) groups is 1. The molecular weight excluding hydrogens is 350 g/mol. The predicted octanol–water partition coefficient (Wildman–Crippen LogP) is 6.34. The van der Waals surface area contributed by atoms with E-state index in [9.17, 15) is 0 Å². The van der Waals surface area contributed by atoms with E-state index in [1.807, 2.05) is 24.0 Å². The van der Waals surface area contributed by atoms with Crippen LogP contribution in [0.3, 0.4) is 0 Å². The number of fused-ring (bicyclic) bond motifs is 2. The van der Waals surface area contributed by atoms with Crippen molar-refractivity contribution in [3.63, 3.8) is 0 Å². The summed E-state index contributed by atoms with van der Waals surface area (Å²) >= 11 is 1.84. The fourth-order valence-corrected chi connectivity index (χ4v) is 4.86. The average Bonchev–Trinajstić information content (AvgIpc) is 3.48. The van der Waals surface area contributed by atoms with Gasteiger partial charge in [-0.1, -0.05) is 55.4 Å². The third-order valence-corrected chi connectivity index (χ3v) is 6.33. The highest BCUT2D eigenvalue weighted by atomic mass is 32.2. The maximum absolute atomic E-state index is 4.90. The quantitative estimate of drug-likeness (QED) is 0.292. The van der Waals surface area contributed by atoms with Crippen LogP contribution in [-0.2, 0) is 0 Å². The Labute approximate surface area is 163 Å². The van der Waals surface area contributed by atoms with Gasteiger partial charge in [-0.05, 0) is 54.3 Å². The summed E-state index contributed by atoms with van der Waals surface area (Å²) < 4.78 is 2.26. The molecule has 2 heterocycles. The summed E-state index contributed by atoms with van der Waals surface area (Å²) in [7, 11) is 0. The zero-order valence-electron chi connectivity index (χ0n) is 15.6. The van der Waals surface area contributed by atoms with Crippen molar-refractivity contribution < 1.29 is 0 Å². The number of imidazole rings is 1. The highest BCUT2D eigenvalue weighted by Gasteiger charge is 2.26. The molecule has 0 N–H and O–H groups in total. The molecule has 27 heavy (non-hydrogen) atoms. The number of rotatable bonds is 6. The molecule has 1 fully saturated rings. The summed E-state index contributed by atoms with van der Waals surface area (Å²) in [5.74, 6) is 1.82. The van der Waals surface area contributed by atoms with E-state index in [4.69, 9.17) is 4.98 Å². The predicted molar refractivity (Wildman–Crippen MR) is 114 cm³/mol. The standard InChI is InChI=1S/C23H23N3S/c1-2-3-15-27-23-25-20-9-6-14-24-22(20)26(23)21-13-12-17(16-10-11-16)18-7-4-5-8-19(18)21/h4-9,12-14,16H,2-3,10-11,15H2,1H3. The Balaban J connectivity index is 1.73. The Bertz CT molecular complexity index is 1110. The molecule has 0 saturated heterocycles. The second kappa shape index (κ2) is 7.01. The van der Waals surface area contributed by atoms with E-state index >= 15 is 0 Å². The van der Waals surface area contributed by atoms with E-state index in [2.05, 4.69) is 58.9 Å². The second-order valence-electron chi connectivity index (χ2n) is 7.27. The molecule has 0 spiro atoms. The lowest BCUT2D eigenvalue weighted by Gasteiger charge is -2.14. The number of unbranched alkanes of at least 4 members (excludes halogenated alkanes) is 1. The third-order valence-electron chi connectivity index (χ3n) is 5.31. The number of pyridine rings is 1. The van der Waals surface area contributed by atoms with Gasteiger partial charge in [0.15, 0.2) is 10.8 Å². The number of aromatic nitrogens is 3. The maximum Gasteiger partial charge on any atom is 0.174 e. The van der Waals surface area contributed by atoms with Crippen LogP contribution >= 0.6 is 11.8 Å². The molecule has 5 rings (SSSR count). The molecule has 0 radical (unpaired) electrons. The first-order valence-electron chi connectivity index (χ1n) is 9.85. The van der Waals surface area contributed by atoms with E-state index in [1.54, 1.807) is 0 Å². The Kier molecular flexibility index (Phi) is 4.36. The lowest BCUT2D eigenvalue weighted by atomic mass is 9.99. The molecule has 3 nitrogen and oxygen atoms in total. The van der Waals surface area contributed by atoms with Gasteiger partial charge in [0.25, 0.3) is 0 Å². The molecule has 2 aromatic heterocycles. The fraction of sp³-hybridized carbons (Fsp3) is 0.304. The van der Waals surface area contributed by atoms with Gasteiger partial charge in [0, 0.05) is 17.3 Å². The van der Waals surface area contributed by atoms with Crippen LogP contribution in [0.25, 0.3) is 27.6 Å². The number of hydrogen-bond acceptors (Lipinski definition) is 3. The molecule has 0 bridgehead atoms. The average molecular weight is 374 g/mol. The van der Waals surface area contributed by atoms with Gasteiger partial charge in [-0.15, -0.1) is 0 Å². The Morgan fingerprint density at radius 2 is 1.89 bits per heavy atom. The van der Waals surface area contributed by atoms with Gasteiger partial charge < -0.3 is 0 Å². The minimum absolute atomic E-state index is 0.736. The van der Waals surface area contributed by atoms with Crippen LogP contribution < -0.4 is 0 Å². The zero-order valence-corrected chi connectivity index (χ0v) is 16.4. The monoisotopic (exact) mass is 373 g/mol. The van der Waals surface area contributed by atoms with Gasteiger partial charge in [-0.3, -0.25) is 4.57 Å². The molecule has 2 aromatic carbocycles. The normalized spacial score (nSPS) is 14.3. The van der Waals surface area contributed by atoms with Crippen molar-refractivity contribution in [1.82, 2.24) is 14.5 Å². The SMILES string of the molecule is CCCCSc1nc2cccnc2n1-c1ccc(C2CC2)c2ccccc12. The Morgan fingerprint density at radius 3 is 2.70 bits per heavy atom. The minimum Gasteiger partial charge on any atom is -0.271 e. The first-order valence-corrected chi connectivity index (χ1v) is 10.8. The van der Waals surface area contributed by atoms with Crippen molar-refractivity contribution in [2.75, 3.05) is 5.75 Å². The van der Waals surface area contributed by atoms with Crippen LogP contribution in [-0.4, -0.2) is 20.3 Å². The molecule has 0 atom stereocenters. The molecule has 1 aliphatic carbocycles. The van der Waals surface area contributed by atoms with Crippen LogP contribution in [0.2, 0.25) is 0 Å². The topological polar surface area (TPSA) is 30.7 Å². The van der Waals surface area contributed by atoms with Gasteiger partial charge in [-0.2, -0.15) is 0 Å². The number of hydrogen-bond donors (Lipinski definition) is 0. The molecule has 4 heteroatoms. The molecule has 0 amide bonds. The molecule has 0 aliphatic heterocycles. The van der Waals surface area contributed by atoms with Crippen molar-refractivity contribution >= 4 is 33.7 Å².